The SMILES string of the molecule is O=S(=O)([O-])C(F)(F)C(F)(F)CCCCCC(F)(F)F.[NH4+]. The van der Waals surface area contributed by atoms with Gasteiger partial charge in [-0.15, -0.1) is 0 Å². The number of rotatable bonds is 7. The van der Waals surface area contributed by atoms with E-state index in [2.05, 4.69) is 0 Å². The normalized spacial score (nSPS) is 14.0. The summed E-state index contributed by atoms with van der Waals surface area (Å²) in [4.78, 5) is 0. The summed E-state index contributed by atoms with van der Waals surface area (Å²) in [5.41, 5.74) is 0. The number of halogens is 7. The molecule has 0 aliphatic rings. The molecule has 0 atom stereocenters. The first-order valence-corrected chi connectivity index (χ1v) is 6.39. The Morgan fingerprint density at radius 3 is 1.55 bits per heavy atom. The number of quaternary nitrogens is 1. The second kappa shape index (κ2) is 6.89. The summed E-state index contributed by atoms with van der Waals surface area (Å²) in [7, 11) is -6.54. The highest BCUT2D eigenvalue weighted by atomic mass is 32.2. The Kier molecular flexibility index (Phi) is 7.47. The van der Waals surface area contributed by atoms with Crippen LogP contribution < -0.4 is 6.15 Å². The van der Waals surface area contributed by atoms with Crippen LogP contribution in [0, 0.1) is 0 Å². The monoisotopic (exact) mass is 337 g/mol. The molecule has 12 heteroatoms. The van der Waals surface area contributed by atoms with Gasteiger partial charge >= 0.3 is 17.4 Å². The fraction of sp³-hybridized carbons (Fsp3) is 1.00. The third-order valence-electron chi connectivity index (χ3n) is 2.19. The van der Waals surface area contributed by atoms with Gasteiger partial charge in [-0.3, -0.25) is 0 Å². The van der Waals surface area contributed by atoms with E-state index < -0.39 is 59.6 Å². The van der Waals surface area contributed by atoms with Crippen molar-refractivity contribution in [3.8, 4) is 0 Å². The lowest BCUT2D eigenvalue weighted by Gasteiger charge is -2.28. The van der Waals surface area contributed by atoms with E-state index in [4.69, 9.17) is 0 Å². The molecule has 0 rings (SSSR count). The summed E-state index contributed by atoms with van der Waals surface area (Å²) < 4.78 is 116. The Hall–Kier alpha value is -0.620. The highest BCUT2D eigenvalue weighted by Gasteiger charge is 2.60. The standard InChI is InChI=1S/C8H11F7O3S.H3N/c9-6(10,8(14,15)19(16,17)18)4-2-1-3-5-7(11,12)13;/h1-5H2,(H,16,17,18);1H3. The average molecular weight is 337 g/mol. The lowest BCUT2D eigenvalue weighted by molar-refractivity contribution is -0.165. The molecular weight excluding hydrogens is 323 g/mol. The number of hydrogen-bond acceptors (Lipinski definition) is 3. The van der Waals surface area contributed by atoms with Crippen LogP contribution in [0.3, 0.4) is 0 Å². The van der Waals surface area contributed by atoms with Gasteiger partial charge in [-0.05, 0) is 12.8 Å². The molecule has 124 valence electrons. The summed E-state index contributed by atoms with van der Waals surface area (Å²) in [5, 5.41) is -5.77. The van der Waals surface area contributed by atoms with Gasteiger partial charge in [0.05, 0.1) is 0 Å². The van der Waals surface area contributed by atoms with Crippen LogP contribution >= 0.6 is 0 Å². The summed E-state index contributed by atoms with van der Waals surface area (Å²) in [6.45, 7) is 0. The van der Waals surface area contributed by atoms with Crippen molar-refractivity contribution >= 4 is 10.1 Å². The van der Waals surface area contributed by atoms with Crippen LogP contribution in [0.1, 0.15) is 32.1 Å². The maximum absolute atomic E-state index is 12.8. The smallest absolute Gasteiger partial charge is 0.396 e. The van der Waals surface area contributed by atoms with Gasteiger partial charge in [0.2, 0.25) is 0 Å². The molecule has 0 aliphatic carbocycles. The lowest BCUT2D eigenvalue weighted by Crippen LogP contribution is -2.46. The fourth-order valence-corrected chi connectivity index (χ4v) is 1.65. The van der Waals surface area contributed by atoms with Crippen molar-refractivity contribution in [2.45, 2.75) is 49.5 Å². The molecule has 0 fully saturated rings. The van der Waals surface area contributed by atoms with Gasteiger partial charge in [-0.2, -0.15) is 30.7 Å². The molecular formula is C8H14F7NO3S. The van der Waals surface area contributed by atoms with Crippen LogP contribution in [-0.4, -0.2) is 30.3 Å². The van der Waals surface area contributed by atoms with E-state index in [-0.39, 0.29) is 6.15 Å². The minimum absolute atomic E-state index is 0. The molecule has 20 heavy (non-hydrogen) atoms. The quantitative estimate of drug-likeness (QED) is 0.436. The highest BCUT2D eigenvalue weighted by molar-refractivity contribution is 7.86. The molecule has 0 heterocycles. The molecule has 0 aromatic rings. The first-order valence-electron chi connectivity index (χ1n) is 4.98. The van der Waals surface area contributed by atoms with Crippen LogP contribution in [0.15, 0.2) is 0 Å². The zero-order valence-corrected chi connectivity index (χ0v) is 11.1. The summed E-state index contributed by atoms with van der Waals surface area (Å²) >= 11 is 0. The fourth-order valence-electron chi connectivity index (χ4n) is 1.18. The van der Waals surface area contributed by atoms with Crippen molar-refractivity contribution in [2.24, 2.45) is 0 Å². The van der Waals surface area contributed by atoms with E-state index in [0.717, 1.165) is 0 Å². The van der Waals surface area contributed by atoms with Crippen LogP contribution in [0.5, 0.6) is 0 Å². The first kappa shape index (κ1) is 21.7. The molecule has 0 aliphatic heterocycles. The van der Waals surface area contributed by atoms with Crippen molar-refractivity contribution in [3.05, 3.63) is 0 Å². The summed E-state index contributed by atoms with van der Waals surface area (Å²) in [6, 6.07) is 0. The Bertz CT molecular complexity index is 393. The van der Waals surface area contributed by atoms with E-state index in [9.17, 15) is 43.7 Å². The second-order valence-corrected chi connectivity index (χ2v) is 5.27. The number of unbranched alkanes of at least 4 members (excludes halogenated alkanes) is 2. The van der Waals surface area contributed by atoms with Gasteiger partial charge < -0.3 is 10.7 Å². The van der Waals surface area contributed by atoms with Crippen molar-refractivity contribution in [1.82, 2.24) is 6.15 Å². The van der Waals surface area contributed by atoms with Gasteiger partial charge in [-0.25, -0.2) is 8.42 Å². The van der Waals surface area contributed by atoms with Gasteiger partial charge in [0.15, 0.2) is 10.1 Å². The second-order valence-electron chi connectivity index (χ2n) is 3.85. The minimum Gasteiger partial charge on any atom is -0.743 e. The molecule has 0 bridgehead atoms. The molecule has 0 unspecified atom stereocenters. The average Bonchev–Trinajstić information content (AvgIpc) is 2.12. The Labute approximate surface area is 110 Å². The van der Waals surface area contributed by atoms with Crippen molar-refractivity contribution in [3.63, 3.8) is 0 Å². The summed E-state index contributed by atoms with van der Waals surface area (Å²) in [6.07, 6.45) is -9.16. The third-order valence-corrected chi connectivity index (χ3v) is 3.12. The van der Waals surface area contributed by atoms with Crippen molar-refractivity contribution < 1.29 is 43.7 Å². The molecule has 0 radical (unpaired) electrons. The predicted octanol–water partition coefficient (Wildman–Crippen LogP) is 3.65. The van der Waals surface area contributed by atoms with Gasteiger partial charge in [0.25, 0.3) is 0 Å². The minimum atomic E-state index is -6.54. The largest absolute Gasteiger partial charge is 0.743 e. The van der Waals surface area contributed by atoms with Crippen molar-refractivity contribution in [2.75, 3.05) is 0 Å². The first-order chi connectivity index (χ1) is 8.21. The molecule has 0 saturated heterocycles. The van der Waals surface area contributed by atoms with Crippen LogP contribution in [0.2, 0.25) is 0 Å². The van der Waals surface area contributed by atoms with Gasteiger partial charge in [-0.1, -0.05) is 6.42 Å². The number of alkyl halides is 7. The van der Waals surface area contributed by atoms with E-state index in [0.29, 0.717) is 0 Å². The Balaban J connectivity index is 0. The van der Waals surface area contributed by atoms with E-state index in [1.807, 2.05) is 0 Å². The molecule has 0 aromatic heterocycles. The van der Waals surface area contributed by atoms with E-state index in [1.54, 1.807) is 0 Å². The Morgan fingerprint density at radius 2 is 1.20 bits per heavy atom. The van der Waals surface area contributed by atoms with Crippen LogP contribution in [-0.2, 0) is 10.1 Å². The van der Waals surface area contributed by atoms with Crippen molar-refractivity contribution in [1.29, 1.82) is 0 Å². The predicted molar refractivity (Wildman–Crippen MR) is 54.7 cm³/mol. The van der Waals surface area contributed by atoms with Gasteiger partial charge in [0.1, 0.15) is 0 Å². The molecule has 0 aromatic carbocycles. The van der Waals surface area contributed by atoms with Crippen LogP contribution in [0.4, 0.5) is 30.7 Å². The molecule has 4 nitrogen and oxygen atoms in total. The summed E-state index contributed by atoms with van der Waals surface area (Å²) in [5.74, 6) is -5.11. The van der Waals surface area contributed by atoms with Crippen LogP contribution in [0.25, 0.3) is 0 Å². The zero-order chi connectivity index (χ0) is 15.5. The lowest BCUT2D eigenvalue weighted by atomic mass is 10.1. The van der Waals surface area contributed by atoms with E-state index >= 15 is 0 Å². The number of hydrogen-bond donors (Lipinski definition) is 1. The maximum atomic E-state index is 12.8. The third kappa shape index (κ3) is 6.22. The van der Waals surface area contributed by atoms with Gasteiger partial charge in [0, 0.05) is 12.8 Å². The van der Waals surface area contributed by atoms with E-state index in [1.165, 1.54) is 0 Å². The molecule has 0 amide bonds. The Morgan fingerprint density at radius 1 is 0.800 bits per heavy atom. The topological polar surface area (TPSA) is 93.7 Å². The molecule has 4 N–H and O–H groups in total. The molecule has 0 spiro atoms. The maximum Gasteiger partial charge on any atom is 0.396 e. The highest BCUT2D eigenvalue weighted by Crippen LogP contribution is 2.41. The molecule has 0 saturated carbocycles. The zero-order valence-electron chi connectivity index (χ0n) is 10.3.